The van der Waals surface area contributed by atoms with E-state index in [1.165, 1.54) is 0 Å². The quantitative estimate of drug-likeness (QED) is 0.324. The number of nitrogens with zero attached hydrogens (tertiary/aromatic N) is 4. The van der Waals surface area contributed by atoms with E-state index in [2.05, 4.69) is 42.1 Å². The number of benzene rings is 2. The standard InChI is InChI=1S/C35H45Br2N5O7/c36-27-19-23(20-28(37)31(27)44)21-30(32(45)40-12-6-25(7-13-40)39-17-10-35(48,22-43)11-18-39)49-34(47)41-14-8-26(9-15-41)42-16-5-24-3-1-2-4-29(24)38-33(42)46/h1-4,19-20,25-26,30,43-44,48H,5-18,21-22H2,(H,38,46)/t30-/m1/s1. The summed E-state index contributed by atoms with van der Waals surface area (Å²) >= 11 is 6.74. The van der Waals surface area contributed by atoms with Crippen molar-refractivity contribution in [3.05, 3.63) is 56.5 Å². The van der Waals surface area contributed by atoms with Gasteiger partial charge in [-0.3, -0.25) is 4.79 Å². The van der Waals surface area contributed by atoms with Crippen LogP contribution in [0.25, 0.3) is 0 Å². The second kappa shape index (κ2) is 15.5. The Hall–Kier alpha value is -2.91. The van der Waals surface area contributed by atoms with Gasteiger partial charge in [-0.05, 0) is 106 Å². The number of aliphatic hydroxyl groups excluding tert-OH is 1. The number of phenolic OH excluding ortho intramolecular Hbond substituents is 1. The number of aromatic hydroxyl groups is 1. The summed E-state index contributed by atoms with van der Waals surface area (Å²) in [6.07, 6.45) is 3.07. The van der Waals surface area contributed by atoms with Gasteiger partial charge in [0.1, 0.15) is 5.75 Å². The molecule has 4 N–H and O–H groups in total. The van der Waals surface area contributed by atoms with Gasteiger partial charge in [-0.25, -0.2) is 9.59 Å². The molecular weight excluding hydrogens is 762 g/mol. The minimum Gasteiger partial charge on any atom is -0.506 e. The van der Waals surface area contributed by atoms with Gasteiger partial charge in [-0.2, -0.15) is 0 Å². The van der Waals surface area contributed by atoms with Crippen LogP contribution in [0, 0.1) is 0 Å². The van der Waals surface area contributed by atoms with E-state index in [-0.39, 0.29) is 42.8 Å². The molecule has 0 aromatic heterocycles. The highest BCUT2D eigenvalue weighted by atomic mass is 79.9. The highest BCUT2D eigenvalue weighted by molar-refractivity contribution is 9.11. The number of hydrogen-bond acceptors (Lipinski definition) is 8. The van der Waals surface area contributed by atoms with E-state index in [4.69, 9.17) is 4.74 Å². The van der Waals surface area contributed by atoms with Crippen LogP contribution < -0.4 is 5.32 Å². The number of carbonyl (C=O) groups excluding carboxylic acids is 3. The Labute approximate surface area is 303 Å². The largest absolute Gasteiger partial charge is 0.506 e. The topological polar surface area (TPSA) is 146 Å². The molecule has 4 aliphatic heterocycles. The number of piperidine rings is 3. The maximum atomic E-state index is 14.0. The zero-order chi connectivity index (χ0) is 34.7. The summed E-state index contributed by atoms with van der Waals surface area (Å²) in [4.78, 5) is 48.3. The smallest absolute Gasteiger partial charge is 0.410 e. The molecule has 6 rings (SSSR count). The number of anilines is 1. The lowest BCUT2D eigenvalue weighted by atomic mass is 9.90. The highest BCUT2D eigenvalue weighted by Crippen LogP contribution is 2.34. The number of carbonyl (C=O) groups is 3. The first-order chi connectivity index (χ1) is 23.5. The molecule has 0 spiro atoms. The molecule has 4 heterocycles. The molecule has 4 aliphatic rings. The second-order valence-electron chi connectivity index (χ2n) is 13.7. The Balaban J connectivity index is 1.07. The summed E-state index contributed by atoms with van der Waals surface area (Å²) in [5, 5.41) is 33.2. The third kappa shape index (κ3) is 8.36. The van der Waals surface area contributed by atoms with Crippen LogP contribution in [0.4, 0.5) is 15.3 Å². The van der Waals surface area contributed by atoms with Crippen molar-refractivity contribution in [2.24, 2.45) is 0 Å². The molecule has 3 fully saturated rings. The Morgan fingerprint density at radius 1 is 0.918 bits per heavy atom. The monoisotopic (exact) mass is 805 g/mol. The van der Waals surface area contributed by atoms with Gasteiger partial charge in [0.25, 0.3) is 5.91 Å². The first-order valence-electron chi connectivity index (χ1n) is 17.2. The fourth-order valence-corrected chi connectivity index (χ4v) is 8.82. The van der Waals surface area contributed by atoms with Crippen LogP contribution in [-0.2, 0) is 22.4 Å². The number of aliphatic hydroxyl groups is 2. The molecule has 266 valence electrons. The molecule has 0 aliphatic carbocycles. The molecule has 1 atom stereocenters. The number of urea groups is 1. The number of rotatable bonds is 7. The second-order valence-corrected chi connectivity index (χ2v) is 15.4. The van der Waals surface area contributed by atoms with Gasteiger partial charge in [-0.15, -0.1) is 0 Å². The first kappa shape index (κ1) is 35.9. The van der Waals surface area contributed by atoms with Gasteiger partial charge >= 0.3 is 12.1 Å². The lowest BCUT2D eigenvalue weighted by Crippen LogP contribution is -2.54. The van der Waals surface area contributed by atoms with E-state index in [9.17, 15) is 29.7 Å². The minimum absolute atomic E-state index is 0.0128. The van der Waals surface area contributed by atoms with E-state index in [1.54, 1.807) is 21.9 Å². The molecule has 0 radical (unpaired) electrons. The summed E-state index contributed by atoms with van der Waals surface area (Å²) in [5.41, 5.74) is 1.65. The van der Waals surface area contributed by atoms with Crippen molar-refractivity contribution in [2.75, 3.05) is 57.7 Å². The van der Waals surface area contributed by atoms with Crippen molar-refractivity contribution in [2.45, 2.75) is 75.2 Å². The number of ether oxygens (including phenoxy) is 1. The predicted octanol–water partition coefficient (Wildman–Crippen LogP) is 4.33. The molecule has 14 heteroatoms. The van der Waals surface area contributed by atoms with E-state index >= 15 is 0 Å². The van der Waals surface area contributed by atoms with E-state index in [1.807, 2.05) is 29.2 Å². The Kier molecular flexibility index (Phi) is 11.4. The van der Waals surface area contributed by atoms with Gasteiger partial charge < -0.3 is 45.0 Å². The zero-order valence-corrected chi connectivity index (χ0v) is 30.7. The van der Waals surface area contributed by atoms with Crippen LogP contribution >= 0.6 is 31.9 Å². The Morgan fingerprint density at radius 2 is 1.53 bits per heavy atom. The number of hydrogen-bond donors (Lipinski definition) is 4. The molecule has 12 nitrogen and oxygen atoms in total. The Morgan fingerprint density at radius 3 is 2.18 bits per heavy atom. The molecule has 49 heavy (non-hydrogen) atoms. The summed E-state index contributed by atoms with van der Waals surface area (Å²) in [6, 6.07) is 11.4. The molecular formula is C35H45Br2N5O7. The summed E-state index contributed by atoms with van der Waals surface area (Å²) in [7, 11) is 0. The fourth-order valence-electron chi connectivity index (χ4n) is 7.54. The van der Waals surface area contributed by atoms with E-state index < -0.39 is 17.8 Å². The molecule has 0 saturated carbocycles. The third-order valence-electron chi connectivity index (χ3n) is 10.6. The average Bonchev–Trinajstić information content (AvgIpc) is 3.28. The SMILES string of the molecule is O=C(O[C@H](Cc1cc(Br)c(O)c(Br)c1)C(=O)N1CCC(N2CCC(O)(CO)CC2)CC1)N1CCC(N2CCc3ccccc3NC2=O)CC1. The molecule has 2 aromatic carbocycles. The van der Waals surface area contributed by atoms with Crippen molar-refractivity contribution < 1.29 is 34.4 Å². The van der Waals surface area contributed by atoms with Gasteiger partial charge in [0, 0.05) is 70.0 Å². The Bertz CT molecular complexity index is 1500. The van der Waals surface area contributed by atoms with Crippen LogP contribution in [0.3, 0.4) is 0 Å². The van der Waals surface area contributed by atoms with E-state index in [0.717, 1.165) is 30.5 Å². The minimum atomic E-state index is -1.06. The number of nitrogens with one attached hydrogen (secondary N) is 1. The number of phenols is 1. The van der Waals surface area contributed by atoms with Gasteiger partial charge in [0.2, 0.25) is 0 Å². The molecule has 0 bridgehead atoms. The van der Waals surface area contributed by atoms with Crippen molar-refractivity contribution in [3.63, 3.8) is 0 Å². The lowest BCUT2D eigenvalue weighted by Gasteiger charge is -2.44. The summed E-state index contributed by atoms with van der Waals surface area (Å²) in [6.45, 7) is 3.63. The highest BCUT2D eigenvalue weighted by Gasteiger charge is 2.38. The van der Waals surface area contributed by atoms with Gasteiger partial charge in [-0.1, -0.05) is 18.2 Å². The van der Waals surface area contributed by atoms with Crippen molar-refractivity contribution in [1.29, 1.82) is 0 Å². The zero-order valence-electron chi connectivity index (χ0n) is 27.5. The fraction of sp³-hybridized carbons (Fsp3) is 0.571. The summed E-state index contributed by atoms with van der Waals surface area (Å²) < 4.78 is 6.94. The number of fused-ring (bicyclic) bond motifs is 1. The molecule has 3 saturated heterocycles. The lowest BCUT2D eigenvalue weighted by molar-refractivity contribution is -0.143. The van der Waals surface area contributed by atoms with Crippen molar-refractivity contribution in [3.8, 4) is 5.75 Å². The van der Waals surface area contributed by atoms with Crippen LogP contribution in [-0.4, -0.2) is 129 Å². The number of likely N-dealkylation sites (tertiary alicyclic amines) is 3. The van der Waals surface area contributed by atoms with Gasteiger partial charge in [0.05, 0.1) is 21.2 Å². The maximum Gasteiger partial charge on any atom is 0.410 e. The number of para-hydroxylation sites is 1. The molecule has 4 amide bonds. The van der Waals surface area contributed by atoms with E-state index in [0.29, 0.717) is 86.0 Å². The molecule has 0 unspecified atom stereocenters. The number of halogens is 2. The first-order valence-corrected chi connectivity index (χ1v) is 18.8. The average molecular weight is 808 g/mol. The van der Waals surface area contributed by atoms with Crippen LogP contribution in [0.5, 0.6) is 5.75 Å². The van der Waals surface area contributed by atoms with Crippen molar-refractivity contribution >= 4 is 55.6 Å². The third-order valence-corrected chi connectivity index (χ3v) is 11.8. The predicted molar refractivity (Wildman–Crippen MR) is 190 cm³/mol. The summed E-state index contributed by atoms with van der Waals surface area (Å²) in [5.74, 6) is -0.207. The maximum absolute atomic E-state index is 14.0. The van der Waals surface area contributed by atoms with Crippen LogP contribution in [0.15, 0.2) is 45.3 Å². The normalized spacial score (nSPS) is 21.5. The number of amides is 4. The van der Waals surface area contributed by atoms with Gasteiger partial charge in [0.15, 0.2) is 6.10 Å². The molecule has 2 aromatic rings. The van der Waals surface area contributed by atoms with Crippen LogP contribution in [0.2, 0.25) is 0 Å². The van der Waals surface area contributed by atoms with Crippen molar-refractivity contribution in [1.82, 2.24) is 19.6 Å². The van der Waals surface area contributed by atoms with Crippen LogP contribution in [0.1, 0.15) is 49.7 Å².